The van der Waals surface area contributed by atoms with E-state index in [0.717, 1.165) is 5.92 Å². The standard InChI is InChI=1S/C17H27NO/c1-13-9-15(11-17(2,3)10-13)18-16(12-19)14-7-5-4-6-8-14/h4-8,13,15-16,18-19H,9-12H2,1-3H3/t13?,15?,16-/m1/s1. The summed E-state index contributed by atoms with van der Waals surface area (Å²) in [7, 11) is 0. The van der Waals surface area contributed by atoms with Crippen LogP contribution >= 0.6 is 0 Å². The minimum Gasteiger partial charge on any atom is -0.394 e. The highest BCUT2D eigenvalue weighted by Crippen LogP contribution is 2.39. The molecule has 0 heterocycles. The van der Waals surface area contributed by atoms with Crippen LogP contribution in [0.2, 0.25) is 0 Å². The van der Waals surface area contributed by atoms with E-state index in [1.165, 1.54) is 24.8 Å². The summed E-state index contributed by atoms with van der Waals surface area (Å²) in [5.41, 5.74) is 1.59. The molecule has 1 fully saturated rings. The fourth-order valence-electron chi connectivity index (χ4n) is 3.70. The van der Waals surface area contributed by atoms with Gasteiger partial charge in [0.2, 0.25) is 0 Å². The molecule has 19 heavy (non-hydrogen) atoms. The summed E-state index contributed by atoms with van der Waals surface area (Å²) in [6.07, 6.45) is 3.72. The van der Waals surface area contributed by atoms with Gasteiger partial charge in [0.1, 0.15) is 0 Å². The van der Waals surface area contributed by atoms with E-state index >= 15 is 0 Å². The van der Waals surface area contributed by atoms with E-state index in [1.807, 2.05) is 18.2 Å². The smallest absolute Gasteiger partial charge is 0.0626 e. The Hall–Kier alpha value is -0.860. The molecular formula is C17H27NO. The van der Waals surface area contributed by atoms with Crippen molar-refractivity contribution in [3.63, 3.8) is 0 Å². The highest BCUT2D eigenvalue weighted by molar-refractivity contribution is 5.19. The first-order valence-corrected chi connectivity index (χ1v) is 7.42. The van der Waals surface area contributed by atoms with Gasteiger partial charge in [0.15, 0.2) is 0 Å². The zero-order valence-electron chi connectivity index (χ0n) is 12.4. The summed E-state index contributed by atoms with van der Waals surface area (Å²) in [6, 6.07) is 10.8. The van der Waals surface area contributed by atoms with Crippen LogP contribution in [-0.2, 0) is 0 Å². The molecule has 1 aliphatic rings. The Morgan fingerprint density at radius 1 is 1.26 bits per heavy atom. The van der Waals surface area contributed by atoms with Crippen molar-refractivity contribution in [2.75, 3.05) is 6.61 Å². The predicted octanol–water partition coefficient (Wildman–Crippen LogP) is 3.52. The Morgan fingerprint density at radius 3 is 2.53 bits per heavy atom. The van der Waals surface area contributed by atoms with Gasteiger partial charge in [-0.1, -0.05) is 51.1 Å². The van der Waals surface area contributed by atoms with Crippen LogP contribution in [0.15, 0.2) is 30.3 Å². The summed E-state index contributed by atoms with van der Waals surface area (Å²) in [4.78, 5) is 0. The molecule has 1 aliphatic carbocycles. The maximum absolute atomic E-state index is 9.64. The third-order valence-corrected chi connectivity index (χ3v) is 4.21. The molecule has 2 nitrogen and oxygen atoms in total. The first-order valence-electron chi connectivity index (χ1n) is 7.42. The molecule has 1 saturated carbocycles. The van der Waals surface area contributed by atoms with Gasteiger partial charge in [-0.05, 0) is 36.2 Å². The van der Waals surface area contributed by atoms with E-state index in [4.69, 9.17) is 0 Å². The van der Waals surface area contributed by atoms with Gasteiger partial charge in [-0.25, -0.2) is 0 Å². The molecule has 2 heteroatoms. The van der Waals surface area contributed by atoms with Crippen molar-refractivity contribution in [3.05, 3.63) is 35.9 Å². The summed E-state index contributed by atoms with van der Waals surface area (Å²) in [5.74, 6) is 0.761. The highest BCUT2D eigenvalue weighted by atomic mass is 16.3. The van der Waals surface area contributed by atoms with Crippen molar-refractivity contribution in [1.82, 2.24) is 5.32 Å². The fourth-order valence-corrected chi connectivity index (χ4v) is 3.70. The zero-order valence-corrected chi connectivity index (χ0v) is 12.4. The molecule has 1 aromatic rings. The molecule has 0 radical (unpaired) electrons. The van der Waals surface area contributed by atoms with Crippen LogP contribution in [0.3, 0.4) is 0 Å². The third-order valence-electron chi connectivity index (χ3n) is 4.21. The number of nitrogens with one attached hydrogen (secondary N) is 1. The van der Waals surface area contributed by atoms with Crippen LogP contribution in [0, 0.1) is 11.3 Å². The van der Waals surface area contributed by atoms with Gasteiger partial charge in [-0.2, -0.15) is 0 Å². The van der Waals surface area contributed by atoms with Gasteiger partial charge in [0.05, 0.1) is 12.6 Å². The molecule has 0 aliphatic heterocycles. The van der Waals surface area contributed by atoms with Crippen molar-refractivity contribution in [2.45, 2.75) is 52.1 Å². The first-order chi connectivity index (χ1) is 9.00. The topological polar surface area (TPSA) is 32.3 Å². The Balaban J connectivity index is 2.02. The van der Waals surface area contributed by atoms with Gasteiger partial charge >= 0.3 is 0 Å². The van der Waals surface area contributed by atoms with E-state index in [9.17, 15) is 5.11 Å². The number of benzene rings is 1. The van der Waals surface area contributed by atoms with E-state index in [-0.39, 0.29) is 12.6 Å². The molecule has 106 valence electrons. The van der Waals surface area contributed by atoms with E-state index in [1.54, 1.807) is 0 Å². The SMILES string of the molecule is CC1CC(N[C@H](CO)c2ccccc2)CC(C)(C)C1. The van der Waals surface area contributed by atoms with Crippen molar-refractivity contribution in [2.24, 2.45) is 11.3 Å². The van der Waals surface area contributed by atoms with Crippen molar-refractivity contribution >= 4 is 0 Å². The van der Waals surface area contributed by atoms with Crippen LogP contribution in [0.5, 0.6) is 0 Å². The Morgan fingerprint density at radius 2 is 1.95 bits per heavy atom. The molecule has 0 aromatic heterocycles. The summed E-state index contributed by atoms with van der Waals surface area (Å²) < 4.78 is 0. The number of hydrogen-bond acceptors (Lipinski definition) is 2. The second-order valence-corrected chi connectivity index (χ2v) is 6.92. The van der Waals surface area contributed by atoms with Gasteiger partial charge in [0, 0.05) is 6.04 Å². The van der Waals surface area contributed by atoms with Gasteiger partial charge in [-0.3, -0.25) is 0 Å². The lowest BCUT2D eigenvalue weighted by Gasteiger charge is -2.40. The summed E-state index contributed by atoms with van der Waals surface area (Å²) >= 11 is 0. The average molecular weight is 261 g/mol. The molecule has 3 atom stereocenters. The maximum Gasteiger partial charge on any atom is 0.0626 e. The monoisotopic (exact) mass is 261 g/mol. The fraction of sp³-hybridized carbons (Fsp3) is 0.647. The van der Waals surface area contributed by atoms with Gasteiger partial charge < -0.3 is 10.4 Å². The molecule has 0 amide bonds. The summed E-state index contributed by atoms with van der Waals surface area (Å²) in [5, 5.41) is 13.3. The van der Waals surface area contributed by atoms with Crippen LogP contribution in [0.4, 0.5) is 0 Å². The lowest BCUT2D eigenvalue weighted by Crippen LogP contribution is -2.42. The molecule has 1 aromatic carbocycles. The second kappa shape index (κ2) is 6.06. The number of hydrogen-bond donors (Lipinski definition) is 2. The number of aliphatic hydroxyl groups excluding tert-OH is 1. The predicted molar refractivity (Wildman–Crippen MR) is 80.0 cm³/mol. The molecule has 0 bridgehead atoms. The maximum atomic E-state index is 9.64. The minimum atomic E-state index is 0.0623. The summed E-state index contributed by atoms with van der Waals surface area (Å²) in [6.45, 7) is 7.21. The normalized spacial score (nSPS) is 28.0. The van der Waals surface area contributed by atoms with Crippen molar-refractivity contribution < 1.29 is 5.11 Å². The largest absolute Gasteiger partial charge is 0.394 e. The van der Waals surface area contributed by atoms with E-state index in [2.05, 4.69) is 38.2 Å². The van der Waals surface area contributed by atoms with Crippen molar-refractivity contribution in [3.8, 4) is 0 Å². The van der Waals surface area contributed by atoms with Crippen LogP contribution in [0.1, 0.15) is 51.6 Å². The quantitative estimate of drug-likeness (QED) is 0.869. The van der Waals surface area contributed by atoms with Crippen LogP contribution in [0.25, 0.3) is 0 Å². The highest BCUT2D eigenvalue weighted by Gasteiger charge is 2.32. The Labute approximate surface area is 117 Å². The van der Waals surface area contributed by atoms with Crippen molar-refractivity contribution in [1.29, 1.82) is 0 Å². The average Bonchev–Trinajstić information content (AvgIpc) is 2.34. The number of aliphatic hydroxyl groups is 1. The zero-order chi connectivity index (χ0) is 13.9. The molecule has 2 rings (SSSR count). The van der Waals surface area contributed by atoms with Gasteiger partial charge in [0.25, 0.3) is 0 Å². The molecule has 2 N–H and O–H groups in total. The molecule has 0 saturated heterocycles. The Bertz CT molecular complexity index is 388. The lowest BCUT2D eigenvalue weighted by atomic mass is 9.70. The van der Waals surface area contributed by atoms with Crippen LogP contribution in [-0.4, -0.2) is 17.8 Å². The molecule has 0 spiro atoms. The Kier molecular flexibility index (Phi) is 4.64. The van der Waals surface area contributed by atoms with E-state index in [0.29, 0.717) is 11.5 Å². The molecule has 2 unspecified atom stereocenters. The lowest BCUT2D eigenvalue weighted by molar-refractivity contribution is 0.132. The minimum absolute atomic E-state index is 0.0623. The van der Waals surface area contributed by atoms with E-state index < -0.39 is 0 Å². The molecular weight excluding hydrogens is 234 g/mol. The third kappa shape index (κ3) is 4.05. The first kappa shape index (κ1) is 14.5. The van der Waals surface area contributed by atoms with Crippen LogP contribution < -0.4 is 5.32 Å². The number of rotatable bonds is 4. The van der Waals surface area contributed by atoms with Gasteiger partial charge in [-0.15, -0.1) is 0 Å². The second-order valence-electron chi connectivity index (χ2n) is 6.92.